The maximum atomic E-state index is 8.93. The first kappa shape index (κ1) is 10.7. The van der Waals surface area contributed by atoms with Crippen molar-refractivity contribution in [1.82, 2.24) is 0 Å². The summed E-state index contributed by atoms with van der Waals surface area (Å²) in [4.78, 5) is 0. The maximum Gasteiger partial charge on any atom is 0.162 e. The molecule has 0 atom stereocenters. The van der Waals surface area contributed by atoms with Crippen LogP contribution >= 0.6 is 0 Å². The van der Waals surface area contributed by atoms with E-state index in [1.807, 2.05) is 6.92 Å². The Labute approximate surface area is 68.6 Å². The molecule has 0 spiro atoms. The molecule has 0 aromatic carbocycles. The fraction of sp³-hybridized carbons (Fsp3) is 0.778. The van der Waals surface area contributed by atoms with Gasteiger partial charge in [0.1, 0.15) is 0 Å². The lowest BCUT2D eigenvalue weighted by molar-refractivity contribution is -0.180. The molecule has 1 fully saturated rings. The quantitative estimate of drug-likeness (QED) is 0.417. The smallest absolute Gasteiger partial charge is 0.162 e. The van der Waals surface area contributed by atoms with Gasteiger partial charge in [-0.2, -0.15) is 0 Å². The minimum atomic E-state index is -1.32. The van der Waals surface area contributed by atoms with Gasteiger partial charge < -0.3 is 10.2 Å². The minimum Gasteiger partial charge on any atom is -0.366 e. The fourth-order valence-corrected chi connectivity index (χ4v) is 1.12. The lowest BCUT2D eigenvalue weighted by atomic mass is 9.95. The van der Waals surface area contributed by atoms with Crippen molar-refractivity contribution in [3.63, 3.8) is 0 Å². The van der Waals surface area contributed by atoms with Gasteiger partial charge in [0.25, 0.3) is 0 Å². The Balaban J connectivity index is 0.000000292. The summed E-state index contributed by atoms with van der Waals surface area (Å²) in [5.74, 6) is -1.32. The van der Waals surface area contributed by atoms with Crippen LogP contribution in [0.1, 0.15) is 39.0 Å². The predicted molar refractivity (Wildman–Crippen MR) is 46.1 cm³/mol. The molecule has 1 saturated carbocycles. The summed E-state index contributed by atoms with van der Waals surface area (Å²) < 4.78 is 0. The third-order valence-corrected chi connectivity index (χ3v) is 1.65. The molecule has 0 radical (unpaired) electrons. The number of allylic oxidation sites excluding steroid dienone is 1. The van der Waals surface area contributed by atoms with Crippen LogP contribution in [0, 0.1) is 0 Å². The molecule has 0 aromatic rings. The first-order valence-corrected chi connectivity index (χ1v) is 4.14. The van der Waals surface area contributed by atoms with Crippen LogP contribution < -0.4 is 0 Å². The first-order valence-electron chi connectivity index (χ1n) is 4.14. The molecule has 0 bridgehead atoms. The average molecular weight is 158 g/mol. The van der Waals surface area contributed by atoms with Gasteiger partial charge in [0, 0.05) is 12.8 Å². The molecule has 2 heteroatoms. The normalized spacial score (nSPS) is 21.4. The van der Waals surface area contributed by atoms with Crippen molar-refractivity contribution >= 4 is 0 Å². The second kappa shape index (κ2) is 5.33. The zero-order valence-corrected chi connectivity index (χ0v) is 7.21. The summed E-state index contributed by atoms with van der Waals surface area (Å²) in [6.07, 6.45) is 5.96. The zero-order chi connectivity index (χ0) is 8.74. The number of hydrogen-bond donors (Lipinski definition) is 2. The largest absolute Gasteiger partial charge is 0.366 e. The molecule has 0 aromatic heterocycles. The molecule has 0 heterocycles. The first-order chi connectivity index (χ1) is 5.12. The van der Waals surface area contributed by atoms with Crippen molar-refractivity contribution in [3.8, 4) is 0 Å². The van der Waals surface area contributed by atoms with Crippen molar-refractivity contribution in [1.29, 1.82) is 0 Å². The Morgan fingerprint density at radius 3 is 1.73 bits per heavy atom. The molecular formula is C9H18O2. The molecule has 1 aliphatic rings. The van der Waals surface area contributed by atoms with Crippen molar-refractivity contribution in [2.75, 3.05) is 0 Å². The monoisotopic (exact) mass is 158 g/mol. The molecule has 1 aliphatic carbocycles. The highest BCUT2D eigenvalue weighted by Crippen LogP contribution is 2.24. The summed E-state index contributed by atoms with van der Waals surface area (Å²) in [7, 11) is 0. The summed E-state index contributed by atoms with van der Waals surface area (Å²) >= 11 is 0. The van der Waals surface area contributed by atoms with Crippen molar-refractivity contribution < 1.29 is 10.2 Å². The van der Waals surface area contributed by atoms with Crippen LogP contribution in [0.25, 0.3) is 0 Å². The molecule has 2 N–H and O–H groups in total. The summed E-state index contributed by atoms with van der Waals surface area (Å²) in [6, 6.07) is 0. The van der Waals surface area contributed by atoms with Crippen LogP contribution in [0.4, 0.5) is 0 Å². The Morgan fingerprint density at radius 1 is 1.18 bits per heavy atom. The van der Waals surface area contributed by atoms with Gasteiger partial charge >= 0.3 is 0 Å². The third-order valence-electron chi connectivity index (χ3n) is 1.65. The average Bonchev–Trinajstić information content (AvgIpc) is 1.88. The lowest BCUT2D eigenvalue weighted by Gasteiger charge is -2.25. The van der Waals surface area contributed by atoms with E-state index in [0.717, 1.165) is 19.3 Å². The highest BCUT2D eigenvalue weighted by Gasteiger charge is 2.24. The van der Waals surface area contributed by atoms with Gasteiger partial charge in [0.2, 0.25) is 0 Å². The van der Waals surface area contributed by atoms with Gasteiger partial charge in [0.05, 0.1) is 0 Å². The van der Waals surface area contributed by atoms with E-state index in [4.69, 9.17) is 10.2 Å². The SMILES string of the molecule is C=CC.OC1(O)CCCCC1. The van der Waals surface area contributed by atoms with E-state index in [2.05, 4.69) is 6.58 Å². The van der Waals surface area contributed by atoms with Crippen molar-refractivity contribution in [2.24, 2.45) is 0 Å². The second-order valence-corrected chi connectivity index (χ2v) is 2.95. The molecular weight excluding hydrogens is 140 g/mol. The van der Waals surface area contributed by atoms with E-state index in [-0.39, 0.29) is 0 Å². The highest BCUT2D eigenvalue weighted by atomic mass is 16.5. The maximum absolute atomic E-state index is 8.93. The summed E-state index contributed by atoms with van der Waals surface area (Å²) in [5, 5.41) is 17.9. The van der Waals surface area contributed by atoms with E-state index in [0.29, 0.717) is 12.8 Å². The number of hydrogen-bond acceptors (Lipinski definition) is 2. The molecule has 0 saturated heterocycles. The molecule has 1 rings (SSSR count). The topological polar surface area (TPSA) is 40.5 Å². The number of aliphatic hydroxyl groups is 2. The van der Waals surface area contributed by atoms with Gasteiger partial charge in [-0.15, -0.1) is 6.58 Å². The Hall–Kier alpha value is -0.340. The van der Waals surface area contributed by atoms with Gasteiger partial charge in [-0.1, -0.05) is 12.5 Å². The van der Waals surface area contributed by atoms with Gasteiger partial charge in [-0.05, 0) is 19.8 Å². The van der Waals surface area contributed by atoms with Crippen LogP contribution in [0.5, 0.6) is 0 Å². The second-order valence-electron chi connectivity index (χ2n) is 2.95. The van der Waals surface area contributed by atoms with Crippen molar-refractivity contribution in [3.05, 3.63) is 12.7 Å². The molecule has 0 unspecified atom stereocenters. The molecule has 11 heavy (non-hydrogen) atoms. The van der Waals surface area contributed by atoms with Crippen LogP contribution in [0.15, 0.2) is 12.7 Å². The highest BCUT2D eigenvalue weighted by molar-refractivity contribution is 4.69. The summed E-state index contributed by atoms with van der Waals surface area (Å²) in [6.45, 7) is 5.25. The zero-order valence-electron chi connectivity index (χ0n) is 7.21. The van der Waals surface area contributed by atoms with Crippen LogP contribution in [-0.2, 0) is 0 Å². The van der Waals surface area contributed by atoms with Gasteiger partial charge in [0.15, 0.2) is 5.79 Å². The molecule has 0 amide bonds. The van der Waals surface area contributed by atoms with Crippen LogP contribution in [0.2, 0.25) is 0 Å². The van der Waals surface area contributed by atoms with E-state index >= 15 is 0 Å². The Morgan fingerprint density at radius 2 is 1.55 bits per heavy atom. The standard InChI is InChI=1S/C6H12O2.C3H6/c7-6(8)4-2-1-3-5-6;1-3-2/h7-8H,1-5H2;3H,1H2,2H3. The van der Waals surface area contributed by atoms with Crippen LogP contribution in [0.3, 0.4) is 0 Å². The summed E-state index contributed by atoms with van der Waals surface area (Å²) in [5.41, 5.74) is 0. The van der Waals surface area contributed by atoms with Crippen molar-refractivity contribution in [2.45, 2.75) is 44.8 Å². The Bertz CT molecular complexity index is 100. The predicted octanol–water partition coefficient (Wildman–Crippen LogP) is 1.82. The van der Waals surface area contributed by atoms with Gasteiger partial charge in [-0.3, -0.25) is 0 Å². The molecule has 66 valence electrons. The van der Waals surface area contributed by atoms with Crippen LogP contribution in [-0.4, -0.2) is 16.0 Å². The number of rotatable bonds is 0. The molecule has 2 nitrogen and oxygen atoms in total. The van der Waals surface area contributed by atoms with E-state index in [1.54, 1.807) is 6.08 Å². The fourth-order valence-electron chi connectivity index (χ4n) is 1.12. The Kier molecular flexibility index (Phi) is 5.16. The molecule has 0 aliphatic heterocycles. The van der Waals surface area contributed by atoms with E-state index < -0.39 is 5.79 Å². The van der Waals surface area contributed by atoms with E-state index in [9.17, 15) is 0 Å². The minimum absolute atomic E-state index is 0.562. The third kappa shape index (κ3) is 6.07. The van der Waals surface area contributed by atoms with Gasteiger partial charge in [-0.25, -0.2) is 0 Å². The lowest BCUT2D eigenvalue weighted by Crippen LogP contribution is -2.30. The van der Waals surface area contributed by atoms with E-state index in [1.165, 1.54) is 0 Å².